The molecule has 1 saturated carbocycles. The zero-order valence-electron chi connectivity index (χ0n) is 20.7. The van der Waals surface area contributed by atoms with E-state index < -0.39 is 55.7 Å². The normalized spacial score (nSPS) is 23.6. The Labute approximate surface area is 224 Å². The lowest BCUT2D eigenvalue weighted by Crippen LogP contribution is -2.44. The molecule has 3 aliphatic rings. The highest BCUT2D eigenvalue weighted by Crippen LogP contribution is 2.45. The van der Waals surface area contributed by atoms with Gasteiger partial charge in [0.1, 0.15) is 5.02 Å². The number of aromatic nitrogens is 3. The van der Waals surface area contributed by atoms with Crippen molar-refractivity contribution in [3.05, 3.63) is 39.8 Å². The summed E-state index contributed by atoms with van der Waals surface area (Å²) in [5, 5.41) is 16.1. The van der Waals surface area contributed by atoms with E-state index in [-0.39, 0.29) is 34.1 Å². The minimum absolute atomic E-state index is 0.0280. The van der Waals surface area contributed by atoms with E-state index in [1.165, 1.54) is 22.7 Å². The minimum Gasteiger partial charge on any atom is -0.480 e. The Morgan fingerprint density at radius 3 is 2.77 bits per heavy atom. The fourth-order valence-corrected chi connectivity index (χ4v) is 5.44. The molecule has 2 atom stereocenters. The molecule has 0 bridgehead atoms. The molecule has 1 saturated heterocycles. The molecule has 1 aromatic carbocycles. The molecule has 0 amide bonds. The van der Waals surface area contributed by atoms with Gasteiger partial charge in [-0.15, -0.1) is 0 Å². The van der Waals surface area contributed by atoms with Crippen LogP contribution < -0.4 is 25.8 Å². The number of rotatable bonds is 5. The van der Waals surface area contributed by atoms with Crippen molar-refractivity contribution < 1.29 is 27.4 Å². The zero-order valence-corrected chi connectivity index (χ0v) is 21.5. The number of aryl methyl sites for hydroxylation is 1. The van der Waals surface area contributed by atoms with E-state index >= 15 is 0 Å². The summed E-state index contributed by atoms with van der Waals surface area (Å²) in [7, 11) is 1.53. The number of benzene rings is 1. The Hall–Kier alpha value is -3.32. The van der Waals surface area contributed by atoms with Crippen molar-refractivity contribution in [2.24, 2.45) is 13.0 Å². The number of fused-ring (bicyclic) bond motifs is 3. The van der Waals surface area contributed by atoms with Crippen LogP contribution in [0.15, 0.2) is 29.2 Å². The lowest BCUT2D eigenvalue weighted by Gasteiger charge is -2.25. The number of hydrogen-bond donors (Lipinski definition) is 3. The van der Waals surface area contributed by atoms with Gasteiger partial charge < -0.3 is 29.9 Å². The molecule has 2 aromatic heterocycles. The summed E-state index contributed by atoms with van der Waals surface area (Å²) in [5.74, 6) is -6.49. The van der Waals surface area contributed by atoms with E-state index in [9.17, 15) is 27.5 Å². The quantitative estimate of drug-likeness (QED) is 0.395. The monoisotopic (exact) mass is 568 g/mol. The van der Waals surface area contributed by atoms with Gasteiger partial charge in [-0.05, 0) is 37.0 Å². The average Bonchev–Trinajstić information content (AvgIpc) is 3.69. The molecule has 4 heterocycles. The average molecular weight is 569 g/mol. The Balaban J connectivity index is 1.39. The molecule has 1 unspecified atom stereocenters. The van der Waals surface area contributed by atoms with Gasteiger partial charge in [0.05, 0.1) is 42.6 Å². The van der Waals surface area contributed by atoms with Crippen molar-refractivity contribution in [2.45, 2.75) is 43.2 Å². The lowest BCUT2D eigenvalue weighted by molar-refractivity contribution is -0.0579. The molecule has 2 fully saturated rings. The molecule has 39 heavy (non-hydrogen) atoms. The van der Waals surface area contributed by atoms with Crippen LogP contribution in [0.1, 0.15) is 19.3 Å². The number of nitrogens with zero attached hydrogens (tertiary/aromatic N) is 4. The number of alkyl halides is 4. The van der Waals surface area contributed by atoms with Gasteiger partial charge in [0, 0.05) is 24.5 Å². The van der Waals surface area contributed by atoms with E-state index in [4.69, 9.17) is 16.3 Å². The Kier molecular flexibility index (Phi) is 6.06. The number of aliphatic hydroxyl groups is 1. The summed E-state index contributed by atoms with van der Waals surface area (Å²) < 4.78 is 64.5. The molecule has 0 radical (unpaired) electrons. The zero-order chi connectivity index (χ0) is 27.7. The smallest absolute Gasteiger partial charge is 0.301 e. The Morgan fingerprint density at radius 2 is 2.05 bits per heavy atom. The summed E-state index contributed by atoms with van der Waals surface area (Å²) in [5.41, 5.74) is 0.577. The highest BCUT2D eigenvalue weighted by atomic mass is 35.5. The predicted octanol–water partition coefficient (Wildman–Crippen LogP) is 4.15. The van der Waals surface area contributed by atoms with Crippen LogP contribution in [0.2, 0.25) is 5.02 Å². The molecule has 6 rings (SSSR count). The number of pyridine rings is 1. The molecular weight excluding hydrogens is 544 g/mol. The van der Waals surface area contributed by atoms with Crippen LogP contribution in [0, 0.1) is 5.92 Å². The van der Waals surface area contributed by atoms with Crippen LogP contribution in [-0.2, 0) is 7.05 Å². The largest absolute Gasteiger partial charge is 0.480 e. The second-order valence-corrected chi connectivity index (χ2v) is 10.7. The third-order valence-corrected chi connectivity index (χ3v) is 7.73. The molecule has 1 aliphatic carbocycles. The van der Waals surface area contributed by atoms with Gasteiger partial charge in [-0.2, -0.15) is 4.98 Å². The van der Waals surface area contributed by atoms with Gasteiger partial charge in [0.25, 0.3) is 11.5 Å². The van der Waals surface area contributed by atoms with Crippen LogP contribution >= 0.6 is 11.6 Å². The van der Waals surface area contributed by atoms with Crippen molar-refractivity contribution in [1.29, 1.82) is 0 Å². The number of anilines is 4. The number of aliphatic hydroxyl groups excluding tert-OH is 1. The second-order valence-electron chi connectivity index (χ2n) is 10.3. The summed E-state index contributed by atoms with van der Waals surface area (Å²) >= 11 is 6.31. The predicted molar refractivity (Wildman–Crippen MR) is 138 cm³/mol. The second kappa shape index (κ2) is 9.12. The minimum atomic E-state index is -3.17. The molecule has 0 spiro atoms. The maximum atomic E-state index is 14.9. The summed E-state index contributed by atoms with van der Waals surface area (Å²) in [4.78, 5) is 22.6. The van der Waals surface area contributed by atoms with Gasteiger partial charge in [-0.1, -0.05) is 11.6 Å². The van der Waals surface area contributed by atoms with Gasteiger partial charge >= 0.3 is 5.92 Å². The number of ether oxygens (including phenoxy) is 1. The molecule has 3 aromatic rings. The maximum absolute atomic E-state index is 14.9. The Morgan fingerprint density at radius 1 is 1.28 bits per heavy atom. The van der Waals surface area contributed by atoms with Gasteiger partial charge in [-0.3, -0.25) is 4.79 Å². The van der Waals surface area contributed by atoms with Crippen LogP contribution in [0.5, 0.6) is 5.75 Å². The van der Waals surface area contributed by atoms with Gasteiger partial charge in [0.15, 0.2) is 12.4 Å². The van der Waals surface area contributed by atoms with Crippen molar-refractivity contribution >= 4 is 45.6 Å². The van der Waals surface area contributed by atoms with E-state index in [1.807, 2.05) is 0 Å². The first-order chi connectivity index (χ1) is 18.5. The number of nitrogens with one attached hydrogen (secondary N) is 2. The lowest BCUT2D eigenvalue weighted by atomic mass is 10.0. The van der Waals surface area contributed by atoms with E-state index in [2.05, 4.69) is 20.6 Å². The summed E-state index contributed by atoms with van der Waals surface area (Å²) in [6.45, 7) is -2.04. The van der Waals surface area contributed by atoms with Gasteiger partial charge in [-0.25, -0.2) is 22.5 Å². The highest BCUT2D eigenvalue weighted by molar-refractivity contribution is 6.33. The molecule has 14 heteroatoms. The van der Waals surface area contributed by atoms with E-state index in [0.29, 0.717) is 29.4 Å². The van der Waals surface area contributed by atoms with Crippen LogP contribution in [0.4, 0.5) is 40.7 Å². The van der Waals surface area contributed by atoms with Gasteiger partial charge in [0.2, 0.25) is 11.7 Å². The third kappa shape index (κ3) is 4.61. The Bertz CT molecular complexity index is 1520. The first-order valence-electron chi connectivity index (χ1n) is 12.5. The topological polar surface area (TPSA) is 105 Å². The fraction of sp³-hybridized carbons (Fsp3) is 0.480. The molecule has 3 N–H and O–H groups in total. The number of hydrogen-bond acceptors (Lipinski definition) is 8. The fourth-order valence-electron chi connectivity index (χ4n) is 5.30. The van der Waals surface area contributed by atoms with Crippen LogP contribution in [0.3, 0.4) is 0 Å². The van der Waals surface area contributed by atoms with Crippen molar-refractivity contribution in [1.82, 2.24) is 14.5 Å². The third-order valence-electron chi connectivity index (χ3n) is 7.45. The first-order valence-corrected chi connectivity index (χ1v) is 12.8. The maximum Gasteiger partial charge on any atom is 0.301 e. The van der Waals surface area contributed by atoms with Crippen molar-refractivity contribution in [3.63, 3.8) is 0 Å². The summed E-state index contributed by atoms with van der Waals surface area (Å²) in [6, 6.07) is 2.92. The van der Waals surface area contributed by atoms with Crippen molar-refractivity contribution in [2.75, 3.05) is 35.3 Å². The van der Waals surface area contributed by atoms with Crippen molar-refractivity contribution in [3.8, 4) is 5.75 Å². The van der Waals surface area contributed by atoms with Crippen LogP contribution in [0.25, 0.3) is 10.9 Å². The SMILES string of the molecule is Cn1c(=O)c2c(c3cc(Nc4nc(N5CC(F)(F)C[C@@H]5CO)ncc4Cl)ccc31)NC(C1CC1)C(F)(F)CO2. The van der Waals surface area contributed by atoms with E-state index in [1.54, 1.807) is 18.2 Å². The molecular formula is C25H25ClF4N6O3. The highest BCUT2D eigenvalue weighted by Gasteiger charge is 2.51. The standard InChI is InChI=1S/C25H25ClF4N6O3/c1-35-17-5-4-13(32-21-16(26)8-31-23(34-21)36-10-24(27,28)7-14(36)9-37)6-15(17)18-19(22(35)38)39-11-25(29,30)20(33-18)12-2-3-12/h4-6,8,12,14,20,33,37H,2-3,7,9-11H2,1H3,(H,31,32,34)/t14-,20?/m1/s1. The molecule has 2 aliphatic heterocycles. The first kappa shape index (κ1) is 25.9. The van der Waals surface area contributed by atoms with E-state index in [0.717, 1.165) is 0 Å². The molecule has 9 nitrogen and oxygen atoms in total. The molecule has 208 valence electrons. The number of halogens is 5. The summed E-state index contributed by atoms with van der Waals surface area (Å²) in [6.07, 6.45) is 2.06. The van der Waals surface area contributed by atoms with Crippen LogP contribution in [-0.4, -0.2) is 63.3 Å².